The fourth-order valence-corrected chi connectivity index (χ4v) is 7.40. The molecular formula is C32H26BrIN2O6S. The van der Waals surface area contributed by atoms with Crippen LogP contribution < -0.4 is 19.6 Å². The Bertz CT molecular complexity index is 1890. The van der Waals surface area contributed by atoms with E-state index in [9.17, 15) is 14.4 Å². The number of nitrogens with zero attached hydrogens (tertiary/aromatic N) is 2. The van der Waals surface area contributed by atoms with Crippen molar-refractivity contribution in [1.29, 1.82) is 0 Å². The first-order chi connectivity index (χ1) is 20.8. The molecule has 0 bridgehead atoms. The third kappa shape index (κ3) is 6.68. The van der Waals surface area contributed by atoms with Gasteiger partial charge in [-0.25, -0.2) is 14.6 Å². The minimum Gasteiger partial charge on any atom is -0.480 e. The second-order valence-corrected chi connectivity index (χ2v) is 12.3. The number of ether oxygens (including phenoxy) is 3. The van der Waals surface area contributed by atoms with Crippen molar-refractivity contribution in [3.05, 3.63) is 123 Å². The minimum absolute atomic E-state index is 0.173. The molecule has 1 aliphatic heterocycles. The SMILES string of the molecule is CCOC(=O)COc1c(I)cc(Br)cc1/C=c1\sc2n(c1=O)[C@H](c1ccccc1)C(C(=O)OCC)=C(c1ccccc1)N=2. The lowest BCUT2D eigenvalue weighted by atomic mass is 9.93. The summed E-state index contributed by atoms with van der Waals surface area (Å²) in [6.07, 6.45) is 1.72. The summed E-state index contributed by atoms with van der Waals surface area (Å²) in [6.45, 7) is 3.62. The molecule has 0 N–H and O–H groups in total. The van der Waals surface area contributed by atoms with E-state index in [-0.39, 0.29) is 31.0 Å². The third-order valence-electron chi connectivity index (χ3n) is 6.45. The van der Waals surface area contributed by atoms with Gasteiger partial charge in [-0.05, 0) is 60.2 Å². The Labute approximate surface area is 273 Å². The number of halogens is 2. The number of aromatic nitrogens is 1. The highest BCUT2D eigenvalue weighted by molar-refractivity contribution is 14.1. The van der Waals surface area contributed by atoms with E-state index >= 15 is 0 Å². The van der Waals surface area contributed by atoms with Crippen LogP contribution >= 0.6 is 49.9 Å². The van der Waals surface area contributed by atoms with Crippen molar-refractivity contribution >= 4 is 73.6 Å². The molecule has 0 unspecified atom stereocenters. The lowest BCUT2D eigenvalue weighted by Crippen LogP contribution is -2.40. The Morgan fingerprint density at radius 3 is 2.37 bits per heavy atom. The lowest BCUT2D eigenvalue weighted by molar-refractivity contribution is -0.145. The molecule has 220 valence electrons. The normalized spacial score (nSPS) is 14.6. The average Bonchev–Trinajstić information content (AvgIpc) is 3.31. The van der Waals surface area contributed by atoms with E-state index in [1.807, 2.05) is 72.8 Å². The molecule has 43 heavy (non-hydrogen) atoms. The Morgan fingerprint density at radius 2 is 1.70 bits per heavy atom. The molecule has 1 aliphatic rings. The van der Waals surface area contributed by atoms with Crippen molar-refractivity contribution in [3.8, 4) is 5.75 Å². The number of thiazole rings is 1. The lowest BCUT2D eigenvalue weighted by Gasteiger charge is -2.25. The molecule has 0 radical (unpaired) electrons. The molecule has 0 amide bonds. The summed E-state index contributed by atoms with van der Waals surface area (Å²) in [5, 5.41) is 0. The van der Waals surface area contributed by atoms with Gasteiger partial charge in [0.2, 0.25) is 0 Å². The van der Waals surface area contributed by atoms with E-state index in [0.717, 1.165) is 19.2 Å². The molecule has 11 heteroatoms. The van der Waals surface area contributed by atoms with E-state index in [4.69, 9.17) is 19.2 Å². The van der Waals surface area contributed by atoms with Crippen LogP contribution in [0.3, 0.4) is 0 Å². The zero-order valence-electron chi connectivity index (χ0n) is 23.2. The second kappa shape index (κ2) is 13.8. The topological polar surface area (TPSA) is 96.2 Å². The number of rotatable bonds is 9. The number of benzene rings is 3. The van der Waals surface area contributed by atoms with Crippen molar-refractivity contribution < 1.29 is 23.8 Å². The molecule has 0 spiro atoms. The van der Waals surface area contributed by atoms with Gasteiger partial charge in [0.15, 0.2) is 11.4 Å². The summed E-state index contributed by atoms with van der Waals surface area (Å²) in [7, 11) is 0. The highest BCUT2D eigenvalue weighted by Crippen LogP contribution is 2.35. The Balaban J connectivity index is 1.75. The third-order valence-corrected chi connectivity index (χ3v) is 8.69. The molecule has 0 fully saturated rings. The second-order valence-electron chi connectivity index (χ2n) is 9.24. The molecule has 2 heterocycles. The van der Waals surface area contributed by atoms with Crippen LogP contribution in [0, 0.1) is 3.57 Å². The molecular weight excluding hydrogens is 747 g/mol. The van der Waals surface area contributed by atoms with Crippen LogP contribution in [0.1, 0.15) is 36.6 Å². The van der Waals surface area contributed by atoms with E-state index in [0.29, 0.717) is 26.3 Å². The number of fused-ring (bicyclic) bond motifs is 1. The number of carbonyl (C=O) groups excluding carboxylic acids is 2. The van der Waals surface area contributed by atoms with Gasteiger partial charge in [0.25, 0.3) is 5.56 Å². The van der Waals surface area contributed by atoms with Gasteiger partial charge >= 0.3 is 11.9 Å². The number of hydrogen-bond acceptors (Lipinski definition) is 8. The van der Waals surface area contributed by atoms with Gasteiger partial charge in [-0.2, -0.15) is 0 Å². The summed E-state index contributed by atoms with van der Waals surface area (Å²) < 4.78 is 19.8. The van der Waals surface area contributed by atoms with E-state index in [2.05, 4.69) is 38.5 Å². The summed E-state index contributed by atoms with van der Waals surface area (Å²) >= 11 is 6.86. The first-order valence-electron chi connectivity index (χ1n) is 13.4. The van der Waals surface area contributed by atoms with E-state index < -0.39 is 18.0 Å². The predicted molar refractivity (Wildman–Crippen MR) is 176 cm³/mol. The molecule has 3 aromatic carbocycles. The highest BCUT2D eigenvalue weighted by Gasteiger charge is 2.35. The standard InChI is InChI=1S/C32H26BrIN2O6S/c1-3-40-25(37)18-42-29-21(15-22(33)17-23(29)34)16-24-30(38)36-28(20-13-9-6-10-14-20)26(31(39)41-4-2)27(35-32(36)43-24)19-11-7-5-8-12-19/h5-17,28H,3-4,18H2,1-2H3/b24-16-/t28-/m1/s1. The molecule has 1 aromatic heterocycles. The fraction of sp³-hybridized carbons (Fsp3) is 0.188. The van der Waals surface area contributed by atoms with Crippen LogP contribution in [0.5, 0.6) is 5.75 Å². The monoisotopic (exact) mass is 772 g/mol. The summed E-state index contributed by atoms with van der Waals surface area (Å²) in [6, 6.07) is 21.7. The Kier molecular flexibility index (Phi) is 9.93. The highest BCUT2D eigenvalue weighted by atomic mass is 127. The van der Waals surface area contributed by atoms with Crippen LogP contribution in [0.25, 0.3) is 11.8 Å². The Hall–Kier alpha value is -3.55. The molecule has 0 saturated carbocycles. The maximum absolute atomic E-state index is 14.2. The van der Waals surface area contributed by atoms with Crippen molar-refractivity contribution in [3.63, 3.8) is 0 Å². The van der Waals surface area contributed by atoms with Crippen LogP contribution in [0.2, 0.25) is 0 Å². The maximum Gasteiger partial charge on any atom is 0.344 e. The molecule has 0 aliphatic carbocycles. The molecule has 8 nitrogen and oxygen atoms in total. The van der Waals surface area contributed by atoms with Gasteiger partial charge in [0.1, 0.15) is 5.75 Å². The summed E-state index contributed by atoms with van der Waals surface area (Å²) in [4.78, 5) is 45.1. The van der Waals surface area contributed by atoms with E-state index in [1.165, 1.54) is 11.3 Å². The molecule has 5 rings (SSSR count). The fourth-order valence-electron chi connectivity index (χ4n) is 4.71. The number of carbonyl (C=O) groups is 2. The summed E-state index contributed by atoms with van der Waals surface area (Å²) in [5.41, 5.74) is 2.50. The first kappa shape index (κ1) is 30.9. The quantitative estimate of drug-likeness (QED) is 0.171. The van der Waals surface area contributed by atoms with Crippen molar-refractivity contribution in [2.75, 3.05) is 19.8 Å². The van der Waals surface area contributed by atoms with Crippen molar-refractivity contribution in [2.24, 2.45) is 4.99 Å². The smallest absolute Gasteiger partial charge is 0.344 e. The molecule has 1 atom stereocenters. The van der Waals surface area contributed by atoms with Crippen molar-refractivity contribution in [1.82, 2.24) is 4.57 Å². The average molecular weight is 773 g/mol. The summed E-state index contributed by atoms with van der Waals surface area (Å²) in [5.74, 6) is -0.585. The van der Waals surface area contributed by atoms with E-state index in [1.54, 1.807) is 24.5 Å². The zero-order chi connectivity index (χ0) is 30.5. The number of hydrogen-bond donors (Lipinski definition) is 0. The largest absolute Gasteiger partial charge is 0.480 e. The first-order valence-corrected chi connectivity index (χ1v) is 16.1. The zero-order valence-corrected chi connectivity index (χ0v) is 27.8. The van der Waals surface area contributed by atoms with Crippen LogP contribution in [0.15, 0.2) is 92.6 Å². The number of esters is 2. The van der Waals surface area contributed by atoms with Gasteiger partial charge in [-0.15, -0.1) is 0 Å². The van der Waals surface area contributed by atoms with Crippen LogP contribution in [0.4, 0.5) is 0 Å². The van der Waals surface area contributed by atoms with Gasteiger partial charge in [0, 0.05) is 15.6 Å². The molecule has 4 aromatic rings. The van der Waals surface area contributed by atoms with Crippen molar-refractivity contribution in [2.45, 2.75) is 19.9 Å². The van der Waals surface area contributed by atoms with Crippen LogP contribution in [-0.2, 0) is 19.1 Å². The van der Waals surface area contributed by atoms with Gasteiger partial charge in [-0.1, -0.05) is 87.9 Å². The van der Waals surface area contributed by atoms with Gasteiger partial charge < -0.3 is 14.2 Å². The Morgan fingerprint density at radius 1 is 1.02 bits per heavy atom. The maximum atomic E-state index is 14.2. The van der Waals surface area contributed by atoms with Gasteiger partial charge in [-0.3, -0.25) is 9.36 Å². The minimum atomic E-state index is -0.768. The van der Waals surface area contributed by atoms with Gasteiger partial charge in [0.05, 0.1) is 38.6 Å². The molecule has 0 saturated heterocycles. The van der Waals surface area contributed by atoms with Crippen LogP contribution in [-0.4, -0.2) is 36.3 Å². The predicted octanol–water partition coefficient (Wildman–Crippen LogP) is 5.24.